The van der Waals surface area contributed by atoms with Crippen molar-refractivity contribution in [3.05, 3.63) is 34.6 Å². The first-order chi connectivity index (χ1) is 13.1. The molecule has 2 N–H and O–H groups in total. The molecule has 0 aromatic heterocycles. The van der Waals surface area contributed by atoms with Gasteiger partial charge < -0.3 is 15.4 Å². The van der Waals surface area contributed by atoms with Crippen LogP contribution >= 0.6 is 11.6 Å². The molecule has 5 nitrogen and oxygen atoms in total. The van der Waals surface area contributed by atoms with E-state index < -0.39 is 42.1 Å². The van der Waals surface area contributed by atoms with Crippen molar-refractivity contribution < 1.29 is 31.9 Å². The molecule has 154 valence electrons. The Kier molecular flexibility index (Phi) is 6.02. The third-order valence-corrected chi connectivity index (χ3v) is 5.57. The van der Waals surface area contributed by atoms with Crippen molar-refractivity contribution in [3.63, 3.8) is 0 Å². The molecule has 0 bridgehead atoms. The number of hydrogen-bond acceptors (Lipinski definition) is 3. The Labute approximate surface area is 163 Å². The molecule has 28 heavy (non-hydrogen) atoms. The maximum Gasteiger partial charge on any atom is 0.408 e. The number of ether oxygens (including phenoxy) is 1. The van der Waals surface area contributed by atoms with Gasteiger partial charge in [0.1, 0.15) is 5.82 Å². The number of nitrogens with one attached hydrogen (secondary N) is 2. The van der Waals surface area contributed by atoms with Crippen LogP contribution in [0.5, 0.6) is 0 Å². The van der Waals surface area contributed by atoms with Crippen LogP contribution in [0, 0.1) is 17.7 Å². The van der Waals surface area contributed by atoms with Gasteiger partial charge in [0.05, 0.1) is 23.5 Å². The molecule has 2 amide bonds. The molecule has 1 aromatic carbocycles. The average Bonchev–Trinajstić information content (AvgIpc) is 3.08. The van der Waals surface area contributed by atoms with E-state index in [0.717, 1.165) is 6.07 Å². The van der Waals surface area contributed by atoms with Crippen molar-refractivity contribution >= 4 is 23.6 Å². The van der Waals surface area contributed by atoms with Gasteiger partial charge in [0, 0.05) is 0 Å². The second-order valence-corrected chi connectivity index (χ2v) is 7.50. The number of alkyl carbamates (subject to hydrolysis) is 1. The Morgan fingerprint density at radius 3 is 2.46 bits per heavy atom. The molecule has 1 aliphatic heterocycles. The highest BCUT2D eigenvalue weighted by Crippen LogP contribution is 2.43. The van der Waals surface area contributed by atoms with Gasteiger partial charge >= 0.3 is 12.3 Å². The van der Waals surface area contributed by atoms with E-state index in [1.54, 1.807) is 0 Å². The zero-order valence-electron chi connectivity index (χ0n) is 14.7. The van der Waals surface area contributed by atoms with E-state index in [2.05, 4.69) is 10.6 Å². The SMILES string of the molecule is O=C1NC[C@@H](C(=O)N[C@H](c2ccc(F)c(Cl)c2)C2CCC(C(F)(F)F)CC2)O1. The van der Waals surface area contributed by atoms with Crippen molar-refractivity contribution in [2.24, 2.45) is 11.8 Å². The third-order valence-electron chi connectivity index (χ3n) is 5.28. The van der Waals surface area contributed by atoms with Crippen LogP contribution in [0.25, 0.3) is 0 Å². The van der Waals surface area contributed by atoms with Gasteiger partial charge in [0.2, 0.25) is 0 Å². The second kappa shape index (κ2) is 8.14. The van der Waals surface area contributed by atoms with Gasteiger partial charge in [-0.25, -0.2) is 9.18 Å². The fourth-order valence-corrected chi connectivity index (χ4v) is 3.93. The summed E-state index contributed by atoms with van der Waals surface area (Å²) in [6.07, 6.45) is -5.60. The largest absolute Gasteiger partial charge is 0.434 e. The van der Waals surface area contributed by atoms with Crippen LogP contribution in [0.3, 0.4) is 0 Å². The number of hydrogen-bond donors (Lipinski definition) is 2. The minimum atomic E-state index is -4.24. The summed E-state index contributed by atoms with van der Waals surface area (Å²) in [5.41, 5.74) is 0.493. The summed E-state index contributed by atoms with van der Waals surface area (Å²) in [5, 5.41) is 4.97. The Bertz CT molecular complexity index is 751. The maximum absolute atomic E-state index is 13.5. The van der Waals surface area contributed by atoms with Crippen LogP contribution in [-0.2, 0) is 9.53 Å². The van der Waals surface area contributed by atoms with E-state index in [-0.39, 0.29) is 43.2 Å². The van der Waals surface area contributed by atoms with E-state index in [9.17, 15) is 27.2 Å². The molecule has 2 atom stereocenters. The third kappa shape index (κ3) is 4.68. The molecule has 1 saturated carbocycles. The Morgan fingerprint density at radius 1 is 1.25 bits per heavy atom. The predicted octanol–water partition coefficient (Wildman–Crippen LogP) is 4.11. The monoisotopic (exact) mass is 422 g/mol. The molecule has 3 rings (SSSR count). The molecule has 1 saturated heterocycles. The fourth-order valence-electron chi connectivity index (χ4n) is 3.74. The summed E-state index contributed by atoms with van der Waals surface area (Å²) in [7, 11) is 0. The molecular weight excluding hydrogens is 404 g/mol. The topological polar surface area (TPSA) is 67.4 Å². The van der Waals surface area contributed by atoms with Gasteiger partial charge in [-0.3, -0.25) is 4.79 Å². The predicted molar refractivity (Wildman–Crippen MR) is 92.1 cm³/mol. The van der Waals surface area contributed by atoms with Gasteiger partial charge in [-0.1, -0.05) is 17.7 Å². The van der Waals surface area contributed by atoms with Crippen LogP contribution in [0.15, 0.2) is 18.2 Å². The number of carbonyl (C=O) groups excluding carboxylic acids is 2. The summed E-state index contributed by atoms with van der Waals surface area (Å²) < 4.78 is 57.3. The number of carbonyl (C=O) groups is 2. The standard InChI is InChI=1S/C18H19ClF4N2O3/c19-12-7-10(3-6-13(12)20)15(25-16(26)14-8-24-17(27)28-14)9-1-4-11(5-2-9)18(21,22)23/h3,6-7,9,11,14-15H,1-2,4-5,8H2,(H,24,27)(H,25,26)/t9?,11?,14-,15-/m0/s1. The van der Waals surface area contributed by atoms with Crippen LogP contribution in [-0.4, -0.2) is 30.8 Å². The van der Waals surface area contributed by atoms with Crippen molar-refractivity contribution in [2.45, 2.75) is 44.0 Å². The van der Waals surface area contributed by atoms with Gasteiger partial charge in [0.25, 0.3) is 5.91 Å². The number of alkyl halides is 3. The van der Waals surface area contributed by atoms with Gasteiger partial charge in [-0.15, -0.1) is 0 Å². The van der Waals surface area contributed by atoms with Crippen LogP contribution in [0.2, 0.25) is 5.02 Å². The summed E-state index contributed by atoms with van der Waals surface area (Å²) in [6.45, 7) is 0.00236. The molecule has 1 aliphatic carbocycles. The zero-order valence-corrected chi connectivity index (χ0v) is 15.4. The molecule has 2 fully saturated rings. The number of benzene rings is 1. The Morgan fingerprint density at radius 2 is 1.93 bits per heavy atom. The molecule has 0 radical (unpaired) electrons. The lowest BCUT2D eigenvalue weighted by molar-refractivity contribution is -0.184. The highest BCUT2D eigenvalue weighted by molar-refractivity contribution is 6.30. The van der Waals surface area contributed by atoms with Crippen molar-refractivity contribution in [3.8, 4) is 0 Å². The van der Waals surface area contributed by atoms with Crippen LogP contribution in [0.1, 0.15) is 37.3 Å². The Balaban J connectivity index is 1.78. The minimum Gasteiger partial charge on any atom is -0.434 e. The number of cyclic esters (lactones) is 1. The van der Waals surface area contributed by atoms with Crippen molar-refractivity contribution in [1.82, 2.24) is 10.6 Å². The molecule has 0 unspecified atom stereocenters. The van der Waals surface area contributed by atoms with E-state index in [4.69, 9.17) is 16.3 Å². The summed E-state index contributed by atoms with van der Waals surface area (Å²) in [5.74, 6) is -2.85. The number of amides is 2. The van der Waals surface area contributed by atoms with E-state index in [0.29, 0.717) is 5.56 Å². The minimum absolute atomic E-state index is 0.00236. The molecular formula is C18H19ClF4N2O3. The molecule has 1 heterocycles. The average molecular weight is 423 g/mol. The highest BCUT2D eigenvalue weighted by Gasteiger charge is 2.43. The van der Waals surface area contributed by atoms with E-state index in [1.165, 1.54) is 12.1 Å². The van der Waals surface area contributed by atoms with Crippen molar-refractivity contribution in [2.75, 3.05) is 6.54 Å². The highest BCUT2D eigenvalue weighted by atomic mass is 35.5. The Hall–Kier alpha value is -2.03. The normalized spacial score (nSPS) is 26.3. The lowest BCUT2D eigenvalue weighted by Gasteiger charge is -2.35. The van der Waals surface area contributed by atoms with Gasteiger partial charge in [-0.2, -0.15) is 13.2 Å². The molecule has 1 aromatic rings. The van der Waals surface area contributed by atoms with Gasteiger partial charge in [-0.05, 0) is 49.3 Å². The second-order valence-electron chi connectivity index (χ2n) is 7.09. The number of halogens is 5. The van der Waals surface area contributed by atoms with Gasteiger partial charge in [0.15, 0.2) is 6.10 Å². The smallest absolute Gasteiger partial charge is 0.408 e. The quantitative estimate of drug-likeness (QED) is 0.717. The van der Waals surface area contributed by atoms with Crippen LogP contribution < -0.4 is 10.6 Å². The summed E-state index contributed by atoms with van der Waals surface area (Å²) in [4.78, 5) is 23.6. The van der Waals surface area contributed by atoms with Crippen molar-refractivity contribution in [1.29, 1.82) is 0 Å². The molecule has 0 spiro atoms. The zero-order chi connectivity index (χ0) is 20.5. The maximum atomic E-state index is 13.5. The van der Waals surface area contributed by atoms with E-state index >= 15 is 0 Å². The number of rotatable bonds is 4. The van der Waals surface area contributed by atoms with Crippen LogP contribution in [0.4, 0.5) is 22.4 Å². The first-order valence-corrected chi connectivity index (χ1v) is 9.29. The summed E-state index contributed by atoms with van der Waals surface area (Å²) >= 11 is 5.85. The lowest BCUT2D eigenvalue weighted by Crippen LogP contribution is -2.42. The summed E-state index contributed by atoms with van der Waals surface area (Å²) in [6, 6.07) is 3.28. The fraction of sp³-hybridized carbons (Fsp3) is 0.556. The molecule has 2 aliphatic rings. The molecule has 10 heteroatoms. The first-order valence-electron chi connectivity index (χ1n) is 8.91. The van der Waals surface area contributed by atoms with E-state index in [1.807, 2.05) is 0 Å². The lowest BCUT2D eigenvalue weighted by atomic mass is 9.76. The first kappa shape index (κ1) is 20.7.